The fourth-order valence-electron chi connectivity index (χ4n) is 2.92. The van der Waals surface area contributed by atoms with Gasteiger partial charge in [0.2, 0.25) is 5.91 Å². The number of hydrogen-bond acceptors (Lipinski definition) is 4. The number of para-hydroxylation sites is 2. The second kappa shape index (κ2) is 7.99. The molecule has 0 aliphatic carbocycles. The maximum atomic E-state index is 13.9. The molecule has 0 N–H and O–H groups in total. The van der Waals surface area contributed by atoms with Crippen LogP contribution in [0.25, 0.3) is 11.0 Å². The Labute approximate surface area is 155 Å². The van der Waals surface area contributed by atoms with Crippen LogP contribution < -0.4 is 10.3 Å². The third-order valence-corrected chi connectivity index (χ3v) is 4.37. The van der Waals surface area contributed by atoms with Crippen LogP contribution in [0.4, 0.5) is 4.39 Å². The Morgan fingerprint density at radius 2 is 2.04 bits per heavy atom. The Kier molecular flexibility index (Phi) is 5.49. The number of benzene rings is 2. The fraction of sp³-hybridized carbons (Fsp3) is 0.250. The van der Waals surface area contributed by atoms with Crippen LogP contribution in [0, 0.1) is 5.82 Å². The van der Waals surface area contributed by atoms with E-state index in [1.165, 1.54) is 30.0 Å². The largest absolute Gasteiger partial charge is 0.494 e. The molecule has 27 heavy (non-hydrogen) atoms. The van der Waals surface area contributed by atoms with Crippen molar-refractivity contribution in [2.24, 2.45) is 0 Å². The molecule has 0 fully saturated rings. The van der Waals surface area contributed by atoms with E-state index in [4.69, 9.17) is 4.74 Å². The molecule has 0 spiro atoms. The normalized spacial score (nSPS) is 10.8. The molecule has 0 unspecified atom stereocenters. The van der Waals surface area contributed by atoms with Gasteiger partial charge >= 0.3 is 0 Å². The number of ether oxygens (including phenoxy) is 1. The highest BCUT2D eigenvalue weighted by molar-refractivity contribution is 5.80. The Balaban J connectivity index is 1.83. The summed E-state index contributed by atoms with van der Waals surface area (Å²) in [6, 6.07) is 11.8. The van der Waals surface area contributed by atoms with Crippen molar-refractivity contribution >= 4 is 16.9 Å². The Hall–Kier alpha value is -3.22. The molecule has 140 valence electrons. The van der Waals surface area contributed by atoms with Gasteiger partial charge in [0, 0.05) is 13.1 Å². The van der Waals surface area contributed by atoms with Crippen LogP contribution >= 0.6 is 0 Å². The molecule has 7 heteroatoms. The smallest absolute Gasteiger partial charge is 0.269 e. The van der Waals surface area contributed by atoms with Gasteiger partial charge in [0.05, 0.1) is 24.3 Å². The Bertz CT molecular complexity index is 1030. The van der Waals surface area contributed by atoms with Gasteiger partial charge in [0.25, 0.3) is 5.56 Å². The van der Waals surface area contributed by atoms with Crippen LogP contribution in [0.2, 0.25) is 0 Å². The molecule has 1 aromatic heterocycles. The number of fused-ring (bicyclic) bond motifs is 1. The second-order valence-corrected chi connectivity index (χ2v) is 6.05. The van der Waals surface area contributed by atoms with Gasteiger partial charge < -0.3 is 9.64 Å². The summed E-state index contributed by atoms with van der Waals surface area (Å²) in [5.41, 5.74) is 1.55. The molecule has 3 aromatic rings. The Morgan fingerprint density at radius 1 is 1.26 bits per heavy atom. The third kappa shape index (κ3) is 3.97. The Morgan fingerprint density at radius 3 is 2.74 bits per heavy atom. The molecule has 0 saturated carbocycles. The number of hydrogen-bond donors (Lipinski definition) is 0. The van der Waals surface area contributed by atoms with Crippen molar-refractivity contribution < 1.29 is 13.9 Å². The molecule has 0 aliphatic heterocycles. The topological polar surface area (TPSA) is 64.4 Å². The zero-order valence-corrected chi connectivity index (χ0v) is 15.2. The van der Waals surface area contributed by atoms with E-state index in [1.54, 1.807) is 29.2 Å². The molecule has 0 bridgehead atoms. The first kappa shape index (κ1) is 18.6. The lowest BCUT2D eigenvalue weighted by Crippen LogP contribution is -2.36. The zero-order valence-electron chi connectivity index (χ0n) is 15.2. The van der Waals surface area contributed by atoms with E-state index in [0.29, 0.717) is 23.1 Å². The van der Waals surface area contributed by atoms with E-state index < -0.39 is 5.82 Å². The average molecular weight is 369 g/mol. The van der Waals surface area contributed by atoms with Crippen LogP contribution in [-0.2, 0) is 17.9 Å². The predicted octanol–water partition coefficient (Wildman–Crippen LogP) is 2.59. The van der Waals surface area contributed by atoms with Crippen molar-refractivity contribution in [3.63, 3.8) is 0 Å². The third-order valence-electron chi connectivity index (χ3n) is 4.37. The molecule has 0 aliphatic rings. The SMILES string of the molecule is CCN(Cc1ccc(OC)c(F)c1)C(=O)Cn1c(=O)cnc2ccccc21. The quantitative estimate of drug-likeness (QED) is 0.670. The molecule has 2 aromatic carbocycles. The predicted molar refractivity (Wildman–Crippen MR) is 100 cm³/mol. The van der Waals surface area contributed by atoms with Crippen LogP contribution in [0.5, 0.6) is 5.75 Å². The minimum atomic E-state index is -0.477. The number of carbonyl (C=O) groups is 1. The summed E-state index contributed by atoms with van der Waals surface area (Å²) in [5.74, 6) is -0.551. The van der Waals surface area contributed by atoms with Crippen LogP contribution in [0.15, 0.2) is 53.5 Å². The standard InChI is InChI=1S/C20H20FN3O3/c1-3-23(12-14-8-9-18(27-2)15(21)10-14)20(26)13-24-17-7-5-4-6-16(17)22-11-19(24)25/h4-11H,3,12-13H2,1-2H3. The van der Waals surface area contributed by atoms with E-state index in [9.17, 15) is 14.0 Å². The van der Waals surface area contributed by atoms with Gasteiger partial charge in [-0.25, -0.2) is 9.37 Å². The van der Waals surface area contributed by atoms with Crippen molar-refractivity contribution in [2.45, 2.75) is 20.0 Å². The van der Waals surface area contributed by atoms with Crippen molar-refractivity contribution in [3.8, 4) is 5.75 Å². The molecule has 0 atom stereocenters. The van der Waals surface area contributed by atoms with Gasteiger partial charge in [-0.3, -0.25) is 14.2 Å². The summed E-state index contributed by atoms with van der Waals surface area (Å²) in [5, 5.41) is 0. The molecule has 1 amide bonds. The van der Waals surface area contributed by atoms with Crippen LogP contribution in [-0.4, -0.2) is 34.0 Å². The molecule has 0 saturated heterocycles. The van der Waals surface area contributed by atoms with Gasteiger partial charge in [-0.05, 0) is 36.8 Å². The second-order valence-electron chi connectivity index (χ2n) is 6.05. The number of halogens is 1. The van der Waals surface area contributed by atoms with Gasteiger partial charge in [-0.2, -0.15) is 0 Å². The summed E-state index contributed by atoms with van der Waals surface area (Å²) in [7, 11) is 1.40. The number of nitrogens with zero attached hydrogens (tertiary/aromatic N) is 3. The van der Waals surface area contributed by atoms with Crippen LogP contribution in [0.1, 0.15) is 12.5 Å². The lowest BCUT2D eigenvalue weighted by Gasteiger charge is -2.22. The van der Waals surface area contributed by atoms with Gasteiger partial charge in [-0.15, -0.1) is 0 Å². The minimum Gasteiger partial charge on any atom is -0.494 e. The molecule has 6 nitrogen and oxygen atoms in total. The molecular formula is C20H20FN3O3. The highest BCUT2D eigenvalue weighted by Gasteiger charge is 2.16. The first-order valence-corrected chi connectivity index (χ1v) is 8.58. The fourth-order valence-corrected chi connectivity index (χ4v) is 2.92. The molecule has 3 rings (SSSR count). The maximum Gasteiger partial charge on any atom is 0.269 e. The van der Waals surface area contributed by atoms with E-state index in [0.717, 1.165) is 0 Å². The van der Waals surface area contributed by atoms with E-state index in [-0.39, 0.29) is 30.3 Å². The summed E-state index contributed by atoms with van der Waals surface area (Å²) in [6.07, 6.45) is 1.21. The lowest BCUT2D eigenvalue weighted by molar-refractivity contribution is -0.132. The lowest BCUT2D eigenvalue weighted by atomic mass is 10.2. The number of carbonyl (C=O) groups excluding carboxylic acids is 1. The highest BCUT2D eigenvalue weighted by atomic mass is 19.1. The van der Waals surface area contributed by atoms with Crippen molar-refractivity contribution in [2.75, 3.05) is 13.7 Å². The van der Waals surface area contributed by atoms with Crippen molar-refractivity contribution in [3.05, 3.63) is 70.4 Å². The average Bonchev–Trinajstić information content (AvgIpc) is 2.68. The van der Waals surface area contributed by atoms with Crippen LogP contribution in [0.3, 0.4) is 0 Å². The summed E-state index contributed by atoms with van der Waals surface area (Å²) >= 11 is 0. The number of rotatable bonds is 6. The first-order chi connectivity index (χ1) is 13.0. The van der Waals surface area contributed by atoms with E-state index in [2.05, 4.69) is 4.98 Å². The van der Waals surface area contributed by atoms with Gasteiger partial charge in [-0.1, -0.05) is 18.2 Å². The van der Waals surface area contributed by atoms with E-state index in [1.807, 2.05) is 13.0 Å². The van der Waals surface area contributed by atoms with Gasteiger partial charge in [0.1, 0.15) is 6.54 Å². The maximum absolute atomic E-state index is 13.9. The highest BCUT2D eigenvalue weighted by Crippen LogP contribution is 2.19. The van der Waals surface area contributed by atoms with E-state index >= 15 is 0 Å². The zero-order chi connectivity index (χ0) is 19.4. The number of aromatic nitrogens is 2. The van der Waals surface area contributed by atoms with Gasteiger partial charge in [0.15, 0.2) is 11.6 Å². The molecular weight excluding hydrogens is 349 g/mol. The number of amides is 1. The van der Waals surface area contributed by atoms with Crippen molar-refractivity contribution in [1.29, 1.82) is 0 Å². The summed E-state index contributed by atoms with van der Waals surface area (Å²) < 4.78 is 20.2. The summed E-state index contributed by atoms with van der Waals surface area (Å²) in [4.78, 5) is 30.7. The summed E-state index contributed by atoms with van der Waals surface area (Å²) in [6.45, 7) is 2.41. The molecule has 1 heterocycles. The minimum absolute atomic E-state index is 0.103. The number of likely N-dealkylation sites (N-methyl/N-ethyl adjacent to an activating group) is 1. The number of methoxy groups -OCH3 is 1. The van der Waals surface area contributed by atoms with Crippen molar-refractivity contribution in [1.82, 2.24) is 14.5 Å². The monoisotopic (exact) mass is 369 g/mol. The first-order valence-electron chi connectivity index (χ1n) is 8.58. The molecule has 0 radical (unpaired) electrons.